The second kappa shape index (κ2) is 6.65. The first-order chi connectivity index (χ1) is 9.69. The fourth-order valence-electron chi connectivity index (χ4n) is 1.67. The minimum Gasteiger partial charge on any atom is -0.462 e. The molecule has 0 bridgehead atoms. The fourth-order valence-corrected chi connectivity index (χ4v) is 1.67. The van der Waals surface area contributed by atoms with E-state index in [1.807, 2.05) is 0 Å². The molecule has 2 aromatic rings. The number of ether oxygens (including phenoxy) is 1. The molecule has 1 N–H and O–H groups in total. The topological polar surface area (TPSA) is 51.2 Å². The Kier molecular flexibility index (Phi) is 4.65. The van der Waals surface area contributed by atoms with Crippen molar-refractivity contribution in [3.05, 3.63) is 59.7 Å². The highest BCUT2D eigenvalue weighted by Crippen LogP contribution is 2.12. The van der Waals surface area contributed by atoms with E-state index < -0.39 is 5.97 Å². The van der Waals surface area contributed by atoms with Crippen LogP contribution in [0.2, 0.25) is 0 Å². The van der Waals surface area contributed by atoms with Crippen LogP contribution in [0.4, 0.5) is 10.1 Å². The number of hydrogen-bond donors (Lipinski definition) is 1. The van der Waals surface area contributed by atoms with Crippen molar-refractivity contribution >= 4 is 11.7 Å². The maximum Gasteiger partial charge on any atom is 0.339 e. The second-order valence-corrected chi connectivity index (χ2v) is 4.16. The molecule has 4 nitrogen and oxygen atoms in total. The fraction of sp³-hybridized carbons (Fsp3) is 0.200. The molecule has 104 valence electrons. The van der Waals surface area contributed by atoms with Crippen molar-refractivity contribution < 1.29 is 13.9 Å². The molecule has 20 heavy (non-hydrogen) atoms. The lowest BCUT2D eigenvalue weighted by Crippen LogP contribution is -2.06. The van der Waals surface area contributed by atoms with Gasteiger partial charge in [-0.3, -0.25) is 4.98 Å². The van der Waals surface area contributed by atoms with Crippen LogP contribution in [0, 0.1) is 5.82 Å². The average molecular weight is 274 g/mol. The predicted octanol–water partition coefficient (Wildman–Crippen LogP) is 3.01. The summed E-state index contributed by atoms with van der Waals surface area (Å²) in [5.41, 5.74) is 2.05. The first-order valence-electron chi connectivity index (χ1n) is 6.29. The van der Waals surface area contributed by atoms with Gasteiger partial charge in [-0.2, -0.15) is 0 Å². The molecule has 0 amide bonds. The minimum atomic E-state index is -0.398. The van der Waals surface area contributed by atoms with Crippen molar-refractivity contribution in [2.75, 3.05) is 11.9 Å². The van der Waals surface area contributed by atoms with Gasteiger partial charge in [0.25, 0.3) is 0 Å². The second-order valence-electron chi connectivity index (χ2n) is 4.16. The van der Waals surface area contributed by atoms with E-state index in [1.54, 1.807) is 31.3 Å². The Balaban J connectivity index is 2.01. The van der Waals surface area contributed by atoms with Gasteiger partial charge in [0, 0.05) is 18.9 Å². The molecular formula is C15H15FN2O2. The number of aromatic nitrogens is 1. The molecule has 0 atom stereocenters. The number of hydrogen-bond acceptors (Lipinski definition) is 4. The third-order valence-electron chi connectivity index (χ3n) is 2.66. The maximum absolute atomic E-state index is 12.8. The van der Waals surface area contributed by atoms with E-state index in [4.69, 9.17) is 4.74 Å². The van der Waals surface area contributed by atoms with Crippen molar-refractivity contribution in [2.24, 2.45) is 0 Å². The largest absolute Gasteiger partial charge is 0.462 e. The number of rotatable bonds is 5. The Hall–Kier alpha value is -2.43. The Labute approximate surface area is 116 Å². The molecule has 1 aromatic heterocycles. The van der Waals surface area contributed by atoms with E-state index >= 15 is 0 Å². The van der Waals surface area contributed by atoms with Gasteiger partial charge in [0.1, 0.15) is 5.82 Å². The molecule has 0 aliphatic heterocycles. The Morgan fingerprint density at radius 1 is 1.30 bits per heavy atom. The molecule has 5 heteroatoms. The predicted molar refractivity (Wildman–Crippen MR) is 73.9 cm³/mol. The molecule has 0 aliphatic carbocycles. The summed E-state index contributed by atoms with van der Waals surface area (Å²) in [6.07, 6.45) is 3.08. The zero-order valence-corrected chi connectivity index (χ0v) is 11.1. The number of anilines is 1. The zero-order valence-electron chi connectivity index (χ0n) is 11.1. The van der Waals surface area contributed by atoms with Crippen LogP contribution < -0.4 is 5.32 Å². The van der Waals surface area contributed by atoms with Crippen LogP contribution in [0.1, 0.15) is 22.8 Å². The third-order valence-corrected chi connectivity index (χ3v) is 2.66. The van der Waals surface area contributed by atoms with Crippen molar-refractivity contribution in [2.45, 2.75) is 13.5 Å². The van der Waals surface area contributed by atoms with E-state index in [0.29, 0.717) is 24.4 Å². The number of benzene rings is 1. The Bertz CT molecular complexity index is 585. The molecule has 0 saturated heterocycles. The van der Waals surface area contributed by atoms with E-state index in [1.165, 1.54) is 18.3 Å². The summed E-state index contributed by atoms with van der Waals surface area (Å²) in [6.45, 7) is 2.60. The lowest BCUT2D eigenvalue weighted by Gasteiger charge is -2.07. The molecule has 0 radical (unpaired) electrons. The molecule has 0 saturated carbocycles. The van der Waals surface area contributed by atoms with Crippen LogP contribution >= 0.6 is 0 Å². The van der Waals surface area contributed by atoms with Crippen molar-refractivity contribution in [3.8, 4) is 0 Å². The van der Waals surface area contributed by atoms with Gasteiger partial charge >= 0.3 is 5.97 Å². The number of nitrogens with one attached hydrogen (secondary N) is 1. The molecule has 0 fully saturated rings. The van der Waals surface area contributed by atoms with E-state index in [9.17, 15) is 9.18 Å². The summed E-state index contributed by atoms with van der Waals surface area (Å²) in [6, 6.07) is 7.89. The number of carbonyl (C=O) groups excluding carboxylic acids is 1. The van der Waals surface area contributed by atoms with Crippen LogP contribution in [0.15, 0.2) is 42.7 Å². The molecule has 0 aliphatic rings. The summed E-state index contributed by atoms with van der Waals surface area (Å²) in [5, 5.41) is 3.13. The minimum absolute atomic E-state index is 0.264. The highest BCUT2D eigenvalue weighted by atomic mass is 19.1. The van der Waals surface area contributed by atoms with Gasteiger partial charge in [-0.05, 0) is 30.7 Å². The van der Waals surface area contributed by atoms with Gasteiger partial charge < -0.3 is 10.1 Å². The van der Waals surface area contributed by atoms with E-state index in [-0.39, 0.29) is 5.82 Å². The molecule has 1 heterocycles. The van der Waals surface area contributed by atoms with Gasteiger partial charge in [-0.25, -0.2) is 9.18 Å². The standard InChI is InChI=1S/C15H15FN2O2/c1-2-20-15(19)12-7-14(10-17-9-12)18-8-11-3-5-13(16)6-4-11/h3-7,9-10,18H,2,8H2,1H3. The monoisotopic (exact) mass is 274 g/mol. The third kappa shape index (κ3) is 3.78. The first-order valence-corrected chi connectivity index (χ1v) is 6.29. The first kappa shape index (κ1) is 14.0. The summed E-state index contributed by atoms with van der Waals surface area (Å²) in [4.78, 5) is 15.6. The molecular weight excluding hydrogens is 259 g/mol. The molecule has 0 spiro atoms. The number of carbonyl (C=O) groups is 1. The lowest BCUT2D eigenvalue weighted by atomic mass is 10.2. The van der Waals surface area contributed by atoms with Gasteiger partial charge in [-0.15, -0.1) is 0 Å². The van der Waals surface area contributed by atoms with Crippen LogP contribution in [0.25, 0.3) is 0 Å². The smallest absolute Gasteiger partial charge is 0.339 e. The highest BCUT2D eigenvalue weighted by molar-refractivity contribution is 5.90. The molecule has 1 aromatic carbocycles. The quantitative estimate of drug-likeness (QED) is 0.851. The van der Waals surface area contributed by atoms with Crippen LogP contribution in [0.5, 0.6) is 0 Å². The van der Waals surface area contributed by atoms with E-state index in [0.717, 1.165) is 5.56 Å². The zero-order chi connectivity index (χ0) is 14.4. The van der Waals surface area contributed by atoms with Crippen LogP contribution in [0.3, 0.4) is 0 Å². The Morgan fingerprint density at radius 2 is 2.05 bits per heavy atom. The van der Waals surface area contributed by atoms with Gasteiger partial charge in [0.2, 0.25) is 0 Å². The van der Waals surface area contributed by atoms with Gasteiger partial charge in [-0.1, -0.05) is 12.1 Å². The lowest BCUT2D eigenvalue weighted by molar-refractivity contribution is 0.0526. The normalized spacial score (nSPS) is 10.1. The maximum atomic E-state index is 12.8. The average Bonchev–Trinajstić information content (AvgIpc) is 2.47. The summed E-state index contributed by atoms with van der Waals surface area (Å²) in [5.74, 6) is -0.662. The number of pyridine rings is 1. The van der Waals surface area contributed by atoms with Crippen molar-refractivity contribution in [3.63, 3.8) is 0 Å². The van der Waals surface area contributed by atoms with Crippen LogP contribution in [-0.4, -0.2) is 17.6 Å². The summed E-state index contributed by atoms with van der Waals surface area (Å²) >= 11 is 0. The van der Waals surface area contributed by atoms with Gasteiger partial charge in [0.15, 0.2) is 0 Å². The highest BCUT2D eigenvalue weighted by Gasteiger charge is 2.07. The number of nitrogens with zero attached hydrogens (tertiary/aromatic N) is 1. The Morgan fingerprint density at radius 3 is 2.75 bits per heavy atom. The summed E-state index contributed by atoms with van der Waals surface area (Å²) < 4.78 is 17.7. The van der Waals surface area contributed by atoms with Crippen molar-refractivity contribution in [1.29, 1.82) is 0 Å². The SMILES string of the molecule is CCOC(=O)c1cncc(NCc2ccc(F)cc2)c1. The molecule has 2 rings (SSSR count). The van der Waals surface area contributed by atoms with Crippen molar-refractivity contribution in [1.82, 2.24) is 4.98 Å². The summed E-state index contributed by atoms with van der Waals surface area (Å²) in [7, 11) is 0. The van der Waals surface area contributed by atoms with Gasteiger partial charge in [0.05, 0.1) is 17.9 Å². The van der Waals surface area contributed by atoms with Crippen LogP contribution in [-0.2, 0) is 11.3 Å². The number of halogens is 1. The number of esters is 1. The van der Waals surface area contributed by atoms with E-state index in [2.05, 4.69) is 10.3 Å². The molecule has 0 unspecified atom stereocenters.